The van der Waals surface area contributed by atoms with Crippen molar-refractivity contribution in [3.05, 3.63) is 29.3 Å². The quantitative estimate of drug-likeness (QED) is 0.145. The Morgan fingerprint density at radius 3 is 2.61 bits per heavy atom. The molecule has 0 aromatic heterocycles. The molecule has 0 atom stereocenters. The molecule has 188 valence electrons. The maximum atomic E-state index is 11.3. The van der Waals surface area contributed by atoms with Crippen LogP contribution >= 0.6 is 24.0 Å². The van der Waals surface area contributed by atoms with Gasteiger partial charge in [-0.15, -0.1) is 24.0 Å². The minimum absolute atomic E-state index is 0. The van der Waals surface area contributed by atoms with Crippen LogP contribution < -0.4 is 21.1 Å². The molecule has 2 rings (SSSR count). The summed E-state index contributed by atoms with van der Waals surface area (Å²) in [5.41, 5.74) is 7.77. The molecule has 1 aromatic carbocycles. The van der Waals surface area contributed by atoms with E-state index in [4.69, 9.17) is 10.5 Å². The minimum Gasteiger partial charge on any atom is -0.493 e. The van der Waals surface area contributed by atoms with E-state index in [-0.39, 0.29) is 35.8 Å². The molecular weight excluding hydrogens is 529 g/mol. The Bertz CT molecular complexity index is 721. The second-order valence-electron chi connectivity index (χ2n) is 8.74. The number of piperidine rings is 1. The number of unbranched alkanes of at least 4 members (excludes halogenated alkanes) is 3. The molecule has 0 saturated carbocycles. The van der Waals surface area contributed by atoms with E-state index in [1.165, 1.54) is 18.4 Å². The average Bonchev–Trinajstić information content (AvgIpc) is 2.79. The van der Waals surface area contributed by atoms with Crippen LogP contribution in [0.1, 0.15) is 63.0 Å². The van der Waals surface area contributed by atoms with Gasteiger partial charge in [0.2, 0.25) is 5.91 Å². The maximum Gasteiger partial charge on any atom is 0.220 e. The van der Waals surface area contributed by atoms with E-state index in [1.807, 2.05) is 0 Å². The summed E-state index contributed by atoms with van der Waals surface area (Å²) in [7, 11) is 1.80. The van der Waals surface area contributed by atoms with Crippen LogP contribution in [0.3, 0.4) is 0 Å². The van der Waals surface area contributed by atoms with Crippen molar-refractivity contribution in [2.24, 2.45) is 16.6 Å². The molecule has 0 spiro atoms. The van der Waals surface area contributed by atoms with Gasteiger partial charge in [0.15, 0.2) is 5.96 Å². The highest BCUT2D eigenvalue weighted by Crippen LogP contribution is 2.21. The molecule has 1 fully saturated rings. The Kier molecular flexibility index (Phi) is 15.2. The fourth-order valence-corrected chi connectivity index (χ4v) is 3.98. The molecule has 1 heterocycles. The maximum absolute atomic E-state index is 11.3. The SMILES string of the molecule is CCCCCOc1cc(C)ccc1CNC(=NC)NCCCCN1CCC(C(N)=O)CC1.I. The third-order valence-electron chi connectivity index (χ3n) is 6.08. The van der Waals surface area contributed by atoms with Gasteiger partial charge >= 0.3 is 0 Å². The number of halogens is 1. The highest BCUT2D eigenvalue weighted by atomic mass is 127. The predicted octanol–water partition coefficient (Wildman–Crippen LogP) is 3.82. The van der Waals surface area contributed by atoms with Crippen LogP contribution in [0.5, 0.6) is 5.75 Å². The van der Waals surface area contributed by atoms with Gasteiger partial charge < -0.3 is 26.0 Å². The first-order chi connectivity index (χ1) is 15.5. The fourth-order valence-electron chi connectivity index (χ4n) is 3.98. The van der Waals surface area contributed by atoms with Gasteiger partial charge in [0, 0.05) is 31.6 Å². The third kappa shape index (κ3) is 11.4. The number of nitrogens with zero attached hydrogens (tertiary/aromatic N) is 2. The van der Waals surface area contributed by atoms with Gasteiger partial charge in [-0.05, 0) is 70.3 Å². The number of benzene rings is 1. The zero-order valence-electron chi connectivity index (χ0n) is 20.7. The van der Waals surface area contributed by atoms with Crippen molar-refractivity contribution in [2.45, 2.75) is 65.3 Å². The highest BCUT2D eigenvalue weighted by Gasteiger charge is 2.22. The lowest BCUT2D eigenvalue weighted by molar-refractivity contribution is -0.123. The smallest absolute Gasteiger partial charge is 0.220 e. The van der Waals surface area contributed by atoms with Gasteiger partial charge in [-0.3, -0.25) is 9.79 Å². The minimum atomic E-state index is -0.145. The molecule has 33 heavy (non-hydrogen) atoms. The molecule has 8 heteroatoms. The van der Waals surface area contributed by atoms with Crippen molar-refractivity contribution in [2.75, 3.05) is 39.8 Å². The largest absolute Gasteiger partial charge is 0.493 e. The highest BCUT2D eigenvalue weighted by molar-refractivity contribution is 14.0. The van der Waals surface area contributed by atoms with Crippen LogP contribution in [0.2, 0.25) is 0 Å². The molecule has 7 nitrogen and oxygen atoms in total. The number of likely N-dealkylation sites (tertiary alicyclic amines) is 1. The topological polar surface area (TPSA) is 92.0 Å². The summed E-state index contributed by atoms with van der Waals surface area (Å²) in [5, 5.41) is 6.82. The van der Waals surface area contributed by atoms with Gasteiger partial charge in [0.1, 0.15) is 5.75 Å². The summed E-state index contributed by atoms with van der Waals surface area (Å²) in [6.45, 7) is 9.64. The number of carbonyl (C=O) groups is 1. The van der Waals surface area contributed by atoms with Crippen molar-refractivity contribution < 1.29 is 9.53 Å². The molecular formula is C25H44IN5O2. The van der Waals surface area contributed by atoms with Crippen LogP contribution in [-0.2, 0) is 11.3 Å². The number of aryl methyl sites for hydroxylation is 1. The van der Waals surface area contributed by atoms with Crippen molar-refractivity contribution in [1.29, 1.82) is 0 Å². The van der Waals surface area contributed by atoms with Gasteiger partial charge in [0.25, 0.3) is 0 Å². The normalized spacial score (nSPS) is 15.1. The molecule has 0 radical (unpaired) electrons. The zero-order chi connectivity index (χ0) is 23.2. The Hall–Kier alpha value is -1.55. The second kappa shape index (κ2) is 17.0. The molecule has 0 bridgehead atoms. The molecule has 1 aliphatic rings. The summed E-state index contributed by atoms with van der Waals surface area (Å²) in [4.78, 5) is 18.1. The summed E-state index contributed by atoms with van der Waals surface area (Å²) in [6.07, 6.45) is 7.47. The van der Waals surface area contributed by atoms with E-state index in [0.717, 1.165) is 82.2 Å². The standard InChI is InChI=1S/C25H43N5O2.HI/c1-4-5-8-17-32-23-18-20(2)9-10-22(23)19-29-25(27-3)28-13-6-7-14-30-15-11-21(12-16-30)24(26)31;/h9-10,18,21H,4-8,11-17,19H2,1-3H3,(H2,26,31)(H2,27,28,29);1H. The lowest BCUT2D eigenvalue weighted by Gasteiger charge is -2.30. The number of hydrogen-bond donors (Lipinski definition) is 3. The number of hydrogen-bond acceptors (Lipinski definition) is 4. The van der Waals surface area contributed by atoms with E-state index in [0.29, 0.717) is 6.54 Å². The van der Waals surface area contributed by atoms with Crippen LogP contribution in [0.25, 0.3) is 0 Å². The first-order valence-corrected chi connectivity index (χ1v) is 12.2. The Morgan fingerprint density at radius 1 is 1.18 bits per heavy atom. The van der Waals surface area contributed by atoms with Crippen molar-refractivity contribution >= 4 is 35.8 Å². The average molecular weight is 574 g/mol. The van der Waals surface area contributed by atoms with Gasteiger partial charge in [-0.25, -0.2) is 0 Å². The fraction of sp³-hybridized carbons (Fsp3) is 0.680. The molecule has 1 aromatic rings. The number of nitrogens with one attached hydrogen (secondary N) is 2. The number of amides is 1. The molecule has 1 saturated heterocycles. The molecule has 4 N–H and O–H groups in total. The summed E-state index contributed by atoms with van der Waals surface area (Å²) >= 11 is 0. The number of nitrogens with two attached hydrogens (primary N) is 1. The van der Waals surface area contributed by atoms with Crippen LogP contribution in [0.4, 0.5) is 0 Å². The number of primary amides is 1. The van der Waals surface area contributed by atoms with E-state index in [1.54, 1.807) is 7.05 Å². The summed E-state index contributed by atoms with van der Waals surface area (Å²) in [5.74, 6) is 1.69. The number of carbonyl (C=O) groups excluding carboxylic acids is 1. The van der Waals surface area contributed by atoms with Gasteiger partial charge in [-0.2, -0.15) is 0 Å². The van der Waals surface area contributed by atoms with E-state index >= 15 is 0 Å². The predicted molar refractivity (Wildman–Crippen MR) is 147 cm³/mol. The lowest BCUT2D eigenvalue weighted by Crippen LogP contribution is -2.39. The first kappa shape index (κ1) is 29.5. The Morgan fingerprint density at radius 2 is 1.94 bits per heavy atom. The Balaban J connectivity index is 0.00000544. The molecule has 1 amide bonds. The second-order valence-corrected chi connectivity index (χ2v) is 8.74. The first-order valence-electron chi connectivity index (χ1n) is 12.2. The summed E-state index contributed by atoms with van der Waals surface area (Å²) < 4.78 is 6.05. The third-order valence-corrected chi connectivity index (χ3v) is 6.08. The van der Waals surface area contributed by atoms with Crippen molar-refractivity contribution in [1.82, 2.24) is 15.5 Å². The Labute approximate surface area is 217 Å². The monoisotopic (exact) mass is 573 g/mol. The van der Waals surface area contributed by atoms with E-state index in [9.17, 15) is 4.79 Å². The number of ether oxygens (including phenoxy) is 1. The van der Waals surface area contributed by atoms with E-state index < -0.39 is 0 Å². The van der Waals surface area contributed by atoms with E-state index in [2.05, 4.69) is 52.6 Å². The molecule has 0 aliphatic carbocycles. The van der Waals surface area contributed by atoms with Crippen molar-refractivity contribution in [3.8, 4) is 5.75 Å². The summed E-state index contributed by atoms with van der Waals surface area (Å²) in [6, 6.07) is 6.37. The molecule has 0 unspecified atom stereocenters. The number of guanidine groups is 1. The zero-order valence-corrected chi connectivity index (χ0v) is 23.0. The number of rotatable bonds is 13. The van der Waals surface area contributed by atoms with Gasteiger partial charge in [0.05, 0.1) is 6.61 Å². The molecule has 1 aliphatic heterocycles. The van der Waals surface area contributed by atoms with Crippen LogP contribution in [0.15, 0.2) is 23.2 Å². The van der Waals surface area contributed by atoms with Crippen molar-refractivity contribution in [3.63, 3.8) is 0 Å². The number of aliphatic imine (C=N–C) groups is 1. The van der Waals surface area contributed by atoms with Crippen LogP contribution in [0, 0.1) is 12.8 Å². The lowest BCUT2D eigenvalue weighted by atomic mass is 9.96. The van der Waals surface area contributed by atoms with Gasteiger partial charge in [-0.1, -0.05) is 31.9 Å². The van der Waals surface area contributed by atoms with Crippen LogP contribution in [-0.4, -0.2) is 56.6 Å².